The third kappa shape index (κ3) is 2.24. The molecule has 2 unspecified atom stereocenters. The van der Waals surface area contributed by atoms with Gasteiger partial charge in [-0.15, -0.1) is 0 Å². The zero-order valence-electron chi connectivity index (χ0n) is 13.8. The van der Waals surface area contributed by atoms with Gasteiger partial charge in [-0.3, -0.25) is 9.69 Å². The second kappa shape index (κ2) is 5.68. The van der Waals surface area contributed by atoms with E-state index in [9.17, 15) is 4.79 Å². The summed E-state index contributed by atoms with van der Waals surface area (Å²) in [7, 11) is 0. The van der Waals surface area contributed by atoms with E-state index in [-0.39, 0.29) is 18.2 Å². The quantitative estimate of drug-likeness (QED) is 0.646. The zero-order valence-corrected chi connectivity index (χ0v) is 13.8. The molecule has 0 saturated carbocycles. The smallest absolute Gasteiger partial charge is 0.257 e. The molecule has 3 aromatic rings. The summed E-state index contributed by atoms with van der Waals surface area (Å²) in [6.45, 7) is 4.00. The SMILES string of the molecule is CC1Oc2ccc3ccccc3c2C(C)N1C(=O)c1ccccc1. The Balaban J connectivity index is 1.83. The number of benzene rings is 3. The van der Waals surface area contributed by atoms with E-state index < -0.39 is 0 Å². The third-order valence-electron chi connectivity index (χ3n) is 4.71. The molecule has 24 heavy (non-hydrogen) atoms. The Morgan fingerprint density at radius 1 is 0.917 bits per heavy atom. The molecular formula is C21H19NO2. The molecule has 3 heteroatoms. The first-order valence-electron chi connectivity index (χ1n) is 8.23. The van der Waals surface area contributed by atoms with Gasteiger partial charge in [0.1, 0.15) is 5.75 Å². The number of rotatable bonds is 1. The maximum absolute atomic E-state index is 13.0. The van der Waals surface area contributed by atoms with Crippen molar-refractivity contribution < 1.29 is 9.53 Å². The fourth-order valence-corrected chi connectivity index (χ4v) is 3.57. The number of ether oxygens (including phenoxy) is 1. The van der Waals surface area contributed by atoms with E-state index in [2.05, 4.69) is 25.1 Å². The molecule has 0 spiro atoms. The molecule has 4 rings (SSSR count). The van der Waals surface area contributed by atoms with Crippen LogP contribution in [0.25, 0.3) is 10.8 Å². The molecule has 1 aliphatic rings. The Hall–Kier alpha value is -2.81. The van der Waals surface area contributed by atoms with Crippen LogP contribution in [0.5, 0.6) is 5.75 Å². The van der Waals surface area contributed by atoms with Crippen LogP contribution in [0.4, 0.5) is 0 Å². The number of fused-ring (bicyclic) bond motifs is 3. The first kappa shape index (κ1) is 14.8. The predicted molar refractivity (Wildman–Crippen MR) is 95.1 cm³/mol. The number of carbonyl (C=O) groups is 1. The van der Waals surface area contributed by atoms with Gasteiger partial charge in [0.25, 0.3) is 5.91 Å². The summed E-state index contributed by atoms with van der Waals surface area (Å²) < 4.78 is 6.07. The van der Waals surface area contributed by atoms with Gasteiger partial charge in [0.05, 0.1) is 6.04 Å². The number of hydrogen-bond acceptors (Lipinski definition) is 2. The number of amides is 1. The standard InChI is InChI=1S/C21H19NO2/c1-14-20-18-11-7-6-8-16(18)12-13-19(20)24-15(2)22(14)21(23)17-9-4-3-5-10-17/h3-15H,1-2H3. The largest absolute Gasteiger partial charge is 0.470 e. The van der Waals surface area contributed by atoms with E-state index in [4.69, 9.17) is 4.74 Å². The molecule has 3 aromatic carbocycles. The lowest BCUT2D eigenvalue weighted by Gasteiger charge is -2.40. The molecular weight excluding hydrogens is 298 g/mol. The highest BCUT2D eigenvalue weighted by Crippen LogP contribution is 2.41. The van der Waals surface area contributed by atoms with E-state index in [1.54, 1.807) is 0 Å². The topological polar surface area (TPSA) is 29.5 Å². The van der Waals surface area contributed by atoms with Crippen molar-refractivity contribution >= 4 is 16.7 Å². The monoisotopic (exact) mass is 317 g/mol. The van der Waals surface area contributed by atoms with Crippen LogP contribution in [-0.2, 0) is 0 Å². The van der Waals surface area contributed by atoms with Crippen LogP contribution in [0.15, 0.2) is 66.7 Å². The fourth-order valence-electron chi connectivity index (χ4n) is 3.57. The molecule has 0 saturated heterocycles. The maximum Gasteiger partial charge on any atom is 0.257 e. The summed E-state index contributed by atoms with van der Waals surface area (Å²) in [6, 6.07) is 21.6. The molecule has 1 heterocycles. The summed E-state index contributed by atoms with van der Waals surface area (Å²) in [6.07, 6.45) is -0.304. The van der Waals surface area contributed by atoms with E-state index in [1.165, 1.54) is 0 Å². The highest BCUT2D eigenvalue weighted by Gasteiger charge is 2.35. The molecule has 0 radical (unpaired) electrons. The van der Waals surface area contributed by atoms with Gasteiger partial charge in [0.15, 0.2) is 6.23 Å². The lowest BCUT2D eigenvalue weighted by Crippen LogP contribution is -2.46. The molecule has 1 aliphatic heterocycles. The molecule has 0 bridgehead atoms. The summed E-state index contributed by atoms with van der Waals surface area (Å²) in [5, 5.41) is 2.30. The van der Waals surface area contributed by atoms with E-state index in [0.717, 1.165) is 22.1 Å². The number of nitrogens with zero attached hydrogens (tertiary/aromatic N) is 1. The van der Waals surface area contributed by atoms with E-state index >= 15 is 0 Å². The fraction of sp³-hybridized carbons (Fsp3) is 0.190. The number of carbonyl (C=O) groups excluding carboxylic acids is 1. The first-order valence-corrected chi connectivity index (χ1v) is 8.23. The third-order valence-corrected chi connectivity index (χ3v) is 4.71. The van der Waals surface area contributed by atoms with Crippen LogP contribution in [-0.4, -0.2) is 17.0 Å². The van der Waals surface area contributed by atoms with Gasteiger partial charge in [-0.2, -0.15) is 0 Å². The van der Waals surface area contributed by atoms with Gasteiger partial charge in [0.2, 0.25) is 0 Å². The second-order valence-corrected chi connectivity index (χ2v) is 6.17. The summed E-state index contributed by atoms with van der Waals surface area (Å²) in [5.41, 5.74) is 1.76. The molecule has 0 N–H and O–H groups in total. The molecule has 0 fully saturated rings. The van der Waals surface area contributed by atoms with E-state index in [0.29, 0.717) is 5.56 Å². The highest BCUT2D eigenvalue weighted by molar-refractivity contribution is 5.96. The Morgan fingerprint density at radius 2 is 1.62 bits per heavy atom. The van der Waals surface area contributed by atoms with Gasteiger partial charge in [0, 0.05) is 11.1 Å². The summed E-state index contributed by atoms with van der Waals surface area (Å²) in [4.78, 5) is 14.8. The Labute approximate surface area is 141 Å². The minimum atomic E-state index is -0.304. The van der Waals surface area contributed by atoms with Gasteiger partial charge < -0.3 is 4.74 Å². The normalized spacial score (nSPS) is 19.7. The van der Waals surface area contributed by atoms with Crippen molar-refractivity contribution in [1.82, 2.24) is 4.90 Å². The molecule has 1 amide bonds. The van der Waals surface area contributed by atoms with Crippen molar-refractivity contribution in [3.8, 4) is 5.75 Å². The van der Waals surface area contributed by atoms with Crippen molar-refractivity contribution in [2.45, 2.75) is 26.1 Å². The number of hydrogen-bond donors (Lipinski definition) is 0. The average Bonchev–Trinajstić information content (AvgIpc) is 2.61. The van der Waals surface area contributed by atoms with Crippen LogP contribution in [0.1, 0.15) is 35.8 Å². The van der Waals surface area contributed by atoms with Crippen molar-refractivity contribution in [1.29, 1.82) is 0 Å². The van der Waals surface area contributed by atoms with Gasteiger partial charge in [-0.25, -0.2) is 0 Å². The van der Waals surface area contributed by atoms with Crippen LogP contribution < -0.4 is 4.74 Å². The first-order chi connectivity index (χ1) is 11.7. The van der Waals surface area contributed by atoms with Crippen LogP contribution in [0, 0.1) is 0 Å². The lowest BCUT2D eigenvalue weighted by molar-refractivity contribution is -0.000975. The van der Waals surface area contributed by atoms with Gasteiger partial charge in [-0.05, 0) is 42.8 Å². The Bertz CT molecular complexity index is 904. The molecule has 3 nitrogen and oxygen atoms in total. The van der Waals surface area contributed by atoms with Crippen LogP contribution in [0.2, 0.25) is 0 Å². The Kier molecular flexibility index (Phi) is 3.49. The molecule has 2 atom stereocenters. The molecule has 0 aliphatic carbocycles. The zero-order chi connectivity index (χ0) is 16.7. The molecule has 120 valence electrons. The van der Waals surface area contributed by atoms with Crippen molar-refractivity contribution in [2.75, 3.05) is 0 Å². The minimum absolute atomic E-state index is 0.00539. The Morgan fingerprint density at radius 3 is 2.42 bits per heavy atom. The summed E-state index contributed by atoms with van der Waals surface area (Å²) in [5.74, 6) is 0.861. The average molecular weight is 317 g/mol. The second-order valence-electron chi connectivity index (χ2n) is 6.17. The maximum atomic E-state index is 13.0. The van der Waals surface area contributed by atoms with Crippen molar-refractivity contribution in [3.63, 3.8) is 0 Å². The van der Waals surface area contributed by atoms with Gasteiger partial charge >= 0.3 is 0 Å². The van der Waals surface area contributed by atoms with E-state index in [1.807, 2.05) is 60.4 Å². The minimum Gasteiger partial charge on any atom is -0.470 e. The van der Waals surface area contributed by atoms with Crippen molar-refractivity contribution in [2.24, 2.45) is 0 Å². The highest BCUT2D eigenvalue weighted by atomic mass is 16.5. The predicted octanol–water partition coefficient (Wildman–Crippen LogP) is 4.78. The van der Waals surface area contributed by atoms with Crippen molar-refractivity contribution in [3.05, 3.63) is 77.9 Å². The molecule has 0 aromatic heterocycles. The lowest BCUT2D eigenvalue weighted by atomic mass is 9.95. The van der Waals surface area contributed by atoms with Gasteiger partial charge in [-0.1, -0.05) is 48.5 Å². The summed E-state index contributed by atoms with van der Waals surface area (Å²) >= 11 is 0. The van der Waals surface area contributed by atoms with Crippen LogP contribution >= 0.6 is 0 Å². The van der Waals surface area contributed by atoms with Crippen LogP contribution in [0.3, 0.4) is 0 Å².